The molecule has 6 nitrogen and oxygen atoms in total. The van der Waals surface area contributed by atoms with E-state index in [0.29, 0.717) is 12.0 Å². The van der Waals surface area contributed by atoms with Gasteiger partial charge in [0.1, 0.15) is 21.8 Å². The summed E-state index contributed by atoms with van der Waals surface area (Å²) in [6, 6.07) is 3.31. The van der Waals surface area contributed by atoms with Gasteiger partial charge in [-0.15, -0.1) is 0 Å². The maximum absolute atomic E-state index is 12.7. The zero-order chi connectivity index (χ0) is 18.6. The van der Waals surface area contributed by atoms with E-state index >= 15 is 0 Å². The third kappa shape index (κ3) is 4.63. The second-order valence-electron chi connectivity index (χ2n) is 6.52. The van der Waals surface area contributed by atoms with Crippen LogP contribution >= 0.6 is 23.2 Å². The average Bonchev–Trinajstić information content (AvgIpc) is 2.50. The number of pyridine rings is 1. The van der Waals surface area contributed by atoms with E-state index in [-0.39, 0.29) is 36.0 Å². The standard InChI is InChI=1S/C17H22Cl2N2O4/c1-4-11(16(23)25-7-10(2)3)15(22)21-17(8-24-9-17)12-5-6-13(18)20-14(12)19/h5-6,10-11H,4,7-9H2,1-3H3,(H,21,22). The molecule has 0 saturated carbocycles. The molecule has 1 N–H and O–H groups in total. The Morgan fingerprint density at radius 1 is 1.36 bits per heavy atom. The first-order chi connectivity index (χ1) is 11.8. The van der Waals surface area contributed by atoms with Crippen LogP contribution in [0.4, 0.5) is 0 Å². The summed E-state index contributed by atoms with van der Waals surface area (Å²) in [6.45, 7) is 6.42. The van der Waals surface area contributed by atoms with Gasteiger partial charge in [0.05, 0.1) is 19.8 Å². The van der Waals surface area contributed by atoms with Crippen molar-refractivity contribution in [3.63, 3.8) is 0 Å². The van der Waals surface area contributed by atoms with Crippen molar-refractivity contribution in [1.82, 2.24) is 10.3 Å². The van der Waals surface area contributed by atoms with Crippen LogP contribution in [0.2, 0.25) is 10.3 Å². The Bertz CT molecular complexity index is 648. The molecule has 1 aliphatic rings. The summed E-state index contributed by atoms with van der Waals surface area (Å²) < 4.78 is 10.5. The first-order valence-corrected chi connectivity index (χ1v) is 8.93. The number of hydrogen-bond acceptors (Lipinski definition) is 5. The molecule has 0 aliphatic carbocycles. The summed E-state index contributed by atoms with van der Waals surface area (Å²) in [5.74, 6) is -1.61. The lowest BCUT2D eigenvalue weighted by molar-refractivity contribution is -0.156. The molecule has 0 aromatic carbocycles. The molecule has 0 radical (unpaired) electrons. The molecule has 1 amide bonds. The van der Waals surface area contributed by atoms with Gasteiger partial charge in [0, 0.05) is 5.56 Å². The molecule has 1 aromatic rings. The van der Waals surface area contributed by atoms with Gasteiger partial charge in [-0.1, -0.05) is 50.0 Å². The van der Waals surface area contributed by atoms with Gasteiger partial charge in [0.25, 0.3) is 0 Å². The predicted molar refractivity (Wildman–Crippen MR) is 94.5 cm³/mol. The van der Waals surface area contributed by atoms with Crippen LogP contribution in [0.1, 0.15) is 32.8 Å². The summed E-state index contributed by atoms with van der Waals surface area (Å²) in [6.07, 6.45) is 0.340. The van der Waals surface area contributed by atoms with Crippen LogP contribution in [0.3, 0.4) is 0 Å². The number of ether oxygens (including phenoxy) is 2. The minimum Gasteiger partial charge on any atom is -0.465 e. The van der Waals surface area contributed by atoms with E-state index in [4.69, 9.17) is 32.7 Å². The fraction of sp³-hybridized carbons (Fsp3) is 0.588. The normalized spacial score (nSPS) is 16.9. The van der Waals surface area contributed by atoms with Crippen LogP contribution in [0.15, 0.2) is 12.1 Å². The SMILES string of the molecule is CCC(C(=O)NC1(c2ccc(Cl)nc2Cl)COC1)C(=O)OCC(C)C. The van der Waals surface area contributed by atoms with Crippen molar-refractivity contribution in [1.29, 1.82) is 0 Å². The van der Waals surface area contributed by atoms with Gasteiger partial charge in [0.2, 0.25) is 5.91 Å². The maximum atomic E-state index is 12.7. The predicted octanol–water partition coefficient (Wildman–Crippen LogP) is 2.96. The van der Waals surface area contributed by atoms with Crippen molar-refractivity contribution in [2.24, 2.45) is 11.8 Å². The Kier molecular flexibility index (Phi) is 6.65. The Morgan fingerprint density at radius 2 is 2.04 bits per heavy atom. The lowest BCUT2D eigenvalue weighted by Crippen LogP contribution is -2.61. The number of carbonyl (C=O) groups is 2. The molecule has 1 aliphatic heterocycles. The van der Waals surface area contributed by atoms with Crippen LogP contribution in [0, 0.1) is 11.8 Å². The fourth-order valence-electron chi connectivity index (χ4n) is 2.50. The number of carbonyl (C=O) groups excluding carboxylic acids is 2. The van der Waals surface area contributed by atoms with Gasteiger partial charge in [0.15, 0.2) is 0 Å². The summed E-state index contributed by atoms with van der Waals surface area (Å²) in [7, 11) is 0. The number of hydrogen-bond donors (Lipinski definition) is 1. The molecule has 8 heteroatoms. The van der Waals surface area contributed by atoms with E-state index in [1.807, 2.05) is 13.8 Å². The minimum absolute atomic E-state index is 0.200. The molecule has 1 fully saturated rings. The van der Waals surface area contributed by atoms with E-state index in [1.165, 1.54) is 0 Å². The van der Waals surface area contributed by atoms with Gasteiger partial charge in [-0.2, -0.15) is 0 Å². The molecule has 1 saturated heterocycles. The number of esters is 1. The minimum atomic E-state index is -0.879. The molecule has 1 atom stereocenters. The van der Waals surface area contributed by atoms with Crippen molar-refractivity contribution in [2.75, 3.05) is 19.8 Å². The number of nitrogens with one attached hydrogen (secondary N) is 1. The third-order valence-electron chi connectivity index (χ3n) is 3.96. The number of amides is 1. The Balaban J connectivity index is 2.14. The zero-order valence-corrected chi connectivity index (χ0v) is 16.0. The van der Waals surface area contributed by atoms with E-state index < -0.39 is 23.3 Å². The summed E-state index contributed by atoms with van der Waals surface area (Å²) in [4.78, 5) is 28.9. The molecule has 25 heavy (non-hydrogen) atoms. The molecule has 0 bridgehead atoms. The van der Waals surface area contributed by atoms with Crippen molar-refractivity contribution >= 4 is 35.1 Å². The van der Waals surface area contributed by atoms with Gasteiger partial charge >= 0.3 is 5.97 Å². The highest BCUT2D eigenvalue weighted by atomic mass is 35.5. The molecule has 1 aromatic heterocycles. The van der Waals surface area contributed by atoms with Gasteiger partial charge in [-0.05, 0) is 18.4 Å². The zero-order valence-electron chi connectivity index (χ0n) is 14.5. The number of halogens is 2. The van der Waals surface area contributed by atoms with Crippen molar-refractivity contribution in [2.45, 2.75) is 32.7 Å². The van der Waals surface area contributed by atoms with Crippen molar-refractivity contribution in [3.05, 3.63) is 28.0 Å². The Hall–Kier alpha value is -1.37. The van der Waals surface area contributed by atoms with Crippen LogP contribution in [-0.4, -0.2) is 36.7 Å². The third-order valence-corrected chi connectivity index (χ3v) is 4.46. The number of rotatable bonds is 7. The van der Waals surface area contributed by atoms with Crippen LogP contribution < -0.4 is 5.32 Å². The van der Waals surface area contributed by atoms with Crippen molar-refractivity contribution in [3.8, 4) is 0 Å². The smallest absolute Gasteiger partial charge is 0.318 e. The quantitative estimate of drug-likeness (QED) is 0.441. The molecule has 1 unspecified atom stereocenters. The van der Waals surface area contributed by atoms with Gasteiger partial charge < -0.3 is 14.8 Å². The first kappa shape index (κ1) is 19.9. The topological polar surface area (TPSA) is 77.5 Å². The number of aromatic nitrogens is 1. The molecule has 0 spiro atoms. The summed E-state index contributed by atoms with van der Waals surface area (Å²) in [5, 5.41) is 3.36. The largest absolute Gasteiger partial charge is 0.465 e. The monoisotopic (exact) mass is 388 g/mol. The maximum Gasteiger partial charge on any atom is 0.318 e. The molecule has 2 heterocycles. The Labute approximate surface area is 157 Å². The second-order valence-corrected chi connectivity index (χ2v) is 7.27. The van der Waals surface area contributed by atoms with Crippen molar-refractivity contribution < 1.29 is 19.1 Å². The van der Waals surface area contributed by atoms with Gasteiger partial charge in [-0.3, -0.25) is 9.59 Å². The Morgan fingerprint density at radius 3 is 2.52 bits per heavy atom. The number of nitrogens with zero attached hydrogens (tertiary/aromatic N) is 1. The highest BCUT2D eigenvalue weighted by molar-refractivity contribution is 6.33. The molecular weight excluding hydrogens is 367 g/mol. The van der Waals surface area contributed by atoms with Crippen LogP contribution in [-0.2, 0) is 24.6 Å². The van der Waals surface area contributed by atoms with Crippen LogP contribution in [0.5, 0.6) is 0 Å². The summed E-state index contributed by atoms with van der Waals surface area (Å²) in [5.41, 5.74) is -0.194. The fourth-order valence-corrected chi connectivity index (χ4v) is 3.03. The van der Waals surface area contributed by atoms with Crippen LogP contribution in [0.25, 0.3) is 0 Å². The lowest BCUT2D eigenvalue weighted by atomic mass is 9.88. The summed E-state index contributed by atoms with van der Waals surface area (Å²) >= 11 is 12.0. The first-order valence-electron chi connectivity index (χ1n) is 8.18. The molecule has 138 valence electrons. The van der Waals surface area contributed by atoms with E-state index in [9.17, 15) is 9.59 Å². The average molecular weight is 389 g/mol. The molecule has 2 rings (SSSR count). The van der Waals surface area contributed by atoms with Gasteiger partial charge in [-0.25, -0.2) is 4.98 Å². The second kappa shape index (κ2) is 8.34. The molecular formula is C17H22Cl2N2O4. The van der Waals surface area contributed by atoms with E-state index in [1.54, 1.807) is 19.1 Å². The van der Waals surface area contributed by atoms with E-state index in [0.717, 1.165) is 0 Å². The highest BCUT2D eigenvalue weighted by Crippen LogP contribution is 2.34. The van der Waals surface area contributed by atoms with E-state index in [2.05, 4.69) is 10.3 Å². The lowest BCUT2D eigenvalue weighted by Gasteiger charge is -2.43. The highest BCUT2D eigenvalue weighted by Gasteiger charge is 2.45.